The van der Waals surface area contributed by atoms with Gasteiger partial charge in [-0.25, -0.2) is 0 Å². The van der Waals surface area contributed by atoms with Crippen molar-refractivity contribution in [2.75, 3.05) is 11.9 Å². The number of alkyl halides is 3. The highest BCUT2D eigenvalue weighted by atomic mass is 35.5. The molecule has 0 saturated heterocycles. The number of anilines is 1. The third-order valence-electron chi connectivity index (χ3n) is 1.68. The van der Waals surface area contributed by atoms with E-state index >= 15 is 0 Å². The monoisotopic (exact) mass is 223 g/mol. The Kier molecular flexibility index (Phi) is 3.26. The predicted molar refractivity (Wildman–Crippen MR) is 50.7 cm³/mol. The molecule has 0 radical (unpaired) electrons. The van der Waals surface area contributed by atoms with E-state index in [9.17, 15) is 13.2 Å². The first-order chi connectivity index (χ1) is 6.38. The number of halogens is 4. The SMILES string of the molecule is Cc1ccc(Cl)cc1NCC(F)(F)F. The van der Waals surface area contributed by atoms with Crippen LogP contribution in [0, 0.1) is 6.92 Å². The van der Waals surface area contributed by atoms with E-state index in [1.54, 1.807) is 19.1 Å². The molecule has 5 heteroatoms. The van der Waals surface area contributed by atoms with Crippen molar-refractivity contribution in [1.29, 1.82) is 0 Å². The van der Waals surface area contributed by atoms with Crippen LogP contribution >= 0.6 is 11.6 Å². The molecule has 0 bridgehead atoms. The molecule has 0 spiro atoms. The molecule has 0 fully saturated rings. The van der Waals surface area contributed by atoms with Crippen LogP contribution in [0.1, 0.15) is 5.56 Å². The van der Waals surface area contributed by atoms with Crippen molar-refractivity contribution in [2.24, 2.45) is 0 Å². The summed E-state index contributed by atoms with van der Waals surface area (Å²) in [5, 5.41) is 2.70. The minimum absolute atomic E-state index is 0.412. The lowest BCUT2D eigenvalue weighted by molar-refractivity contribution is -0.115. The Morgan fingerprint density at radius 2 is 2.00 bits per heavy atom. The lowest BCUT2D eigenvalue weighted by Gasteiger charge is -2.11. The van der Waals surface area contributed by atoms with Gasteiger partial charge in [-0.15, -0.1) is 0 Å². The number of hydrogen-bond donors (Lipinski definition) is 1. The molecule has 0 aliphatic carbocycles. The Morgan fingerprint density at radius 3 is 2.57 bits per heavy atom. The molecular weight excluding hydrogens is 215 g/mol. The molecule has 0 aliphatic heterocycles. The van der Waals surface area contributed by atoms with Crippen molar-refractivity contribution in [1.82, 2.24) is 0 Å². The fourth-order valence-electron chi connectivity index (χ4n) is 0.980. The van der Waals surface area contributed by atoms with Gasteiger partial charge in [-0.05, 0) is 24.6 Å². The summed E-state index contributed by atoms with van der Waals surface area (Å²) >= 11 is 5.65. The van der Waals surface area contributed by atoms with Crippen molar-refractivity contribution in [3.63, 3.8) is 0 Å². The standard InChI is InChI=1S/C9H9ClF3N/c1-6-2-3-7(10)4-8(6)14-5-9(11,12)13/h2-4,14H,5H2,1H3. The number of hydrogen-bond acceptors (Lipinski definition) is 1. The number of nitrogens with one attached hydrogen (secondary N) is 1. The normalized spacial score (nSPS) is 11.5. The second kappa shape index (κ2) is 4.09. The van der Waals surface area contributed by atoms with Gasteiger partial charge in [0.05, 0.1) is 0 Å². The van der Waals surface area contributed by atoms with Gasteiger partial charge in [0.15, 0.2) is 0 Å². The Labute approximate surface area is 84.9 Å². The van der Waals surface area contributed by atoms with E-state index in [-0.39, 0.29) is 0 Å². The average molecular weight is 224 g/mol. The molecule has 0 aliphatic rings. The maximum atomic E-state index is 11.9. The van der Waals surface area contributed by atoms with Gasteiger partial charge in [0.25, 0.3) is 0 Å². The van der Waals surface area contributed by atoms with Crippen LogP contribution in [0.4, 0.5) is 18.9 Å². The topological polar surface area (TPSA) is 12.0 Å². The van der Waals surface area contributed by atoms with Gasteiger partial charge >= 0.3 is 6.18 Å². The minimum Gasteiger partial charge on any atom is -0.376 e. The summed E-state index contributed by atoms with van der Waals surface area (Å²) in [6.45, 7) is 0.670. The molecule has 1 aromatic rings. The summed E-state index contributed by atoms with van der Waals surface area (Å²) in [5.41, 5.74) is 1.15. The zero-order valence-corrected chi connectivity index (χ0v) is 8.21. The average Bonchev–Trinajstić information content (AvgIpc) is 2.05. The summed E-state index contributed by atoms with van der Waals surface area (Å²) in [6, 6.07) is 4.78. The van der Waals surface area contributed by atoms with Gasteiger partial charge in [0.1, 0.15) is 6.54 Å². The summed E-state index contributed by atoms with van der Waals surface area (Å²) in [6.07, 6.45) is -4.21. The second-order valence-corrected chi connectivity index (χ2v) is 3.36. The molecule has 0 saturated carbocycles. The maximum absolute atomic E-state index is 11.9. The lowest BCUT2D eigenvalue weighted by Crippen LogP contribution is -2.21. The summed E-state index contributed by atoms with van der Waals surface area (Å²) in [7, 11) is 0. The highest BCUT2D eigenvalue weighted by molar-refractivity contribution is 6.30. The van der Waals surface area contributed by atoms with Crippen LogP contribution in [-0.4, -0.2) is 12.7 Å². The predicted octanol–water partition coefficient (Wildman–Crippen LogP) is 3.62. The molecule has 1 aromatic carbocycles. The van der Waals surface area contributed by atoms with E-state index in [0.717, 1.165) is 5.56 Å². The van der Waals surface area contributed by atoms with Gasteiger partial charge < -0.3 is 5.32 Å². The third-order valence-corrected chi connectivity index (χ3v) is 1.91. The van der Waals surface area contributed by atoms with Crippen LogP contribution in [-0.2, 0) is 0 Å². The van der Waals surface area contributed by atoms with Crippen LogP contribution in [0.5, 0.6) is 0 Å². The fourth-order valence-corrected chi connectivity index (χ4v) is 1.15. The Hall–Kier alpha value is -0.900. The zero-order chi connectivity index (χ0) is 10.8. The Balaban J connectivity index is 2.72. The molecule has 0 aromatic heterocycles. The smallest absolute Gasteiger partial charge is 0.376 e. The first-order valence-corrected chi connectivity index (χ1v) is 4.33. The number of aryl methyl sites for hydroxylation is 1. The van der Waals surface area contributed by atoms with Crippen LogP contribution in [0.25, 0.3) is 0 Å². The highest BCUT2D eigenvalue weighted by Crippen LogP contribution is 2.22. The molecule has 0 unspecified atom stereocenters. The highest BCUT2D eigenvalue weighted by Gasteiger charge is 2.26. The minimum atomic E-state index is -4.21. The molecule has 1 rings (SSSR count). The van der Waals surface area contributed by atoms with Crippen molar-refractivity contribution < 1.29 is 13.2 Å². The molecule has 1 nitrogen and oxygen atoms in total. The molecule has 14 heavy (non-hydrogen) atoms. The molecule has 1 N–H and O–H groups in total. The van der Waals surface area contributed by atoms with E-state index in [2.05, 4.69) is 5.32 Å². The quantitative estimate of drug-likeness (QED) is 0.808. The molecule has 78 valence electrons. The van der Waals surface area contributed by atoms with Crippen LogP contribution < -0.4 is 5.32 Å². The van der Waals surface area contributed by atoms with Crippen molar-refractivity contribution in [3.8, 4) is 0 Å². The first kappa shape index (κ1) is 11.2. The van der Waals surface area contributed by atoms with Gasteiger partial charge in [0.2, 0.25) is 0 Å². The molecule has 0 atom stereocenters. The van der Waals surface area contributed by atoms with E-state index in [1.807, 2.05) is 0 Å². The second-order valence-electron chi connectivity index (χ2n) is 2.93. The van der Waals surface area contributed by atoms with E-state index in [0.29, 0.717) is 10.7 Å². The van der Waals surface area contributed by atoms with Crippen LogP contribution in [0.3, 0.4) is 0 Å². The van der Waals surface area contributed by atoms with Crippen molar-refractivity contribution in [3.05, 3.63) is 28.8 Å². The van der Waals surface area contributed by atoms with Crippen LogP contribution in [0.15, 0.2) is 18.2 Å². The molecule has 0 heterocycles. The summed E-state index contributed by atoms with van der Waals surface area (Å²) < 4.78 is 35.6. The first-order valence-electron chi connectivity index (χ1n) is 3.95. The summed E-state index contributed by atoms with van der Waals surface area (Å²) in [5.74, 6) is 0. The van der Waals surface area contributed by atoms with E-state index < -0.39 is 12.7 Å². The summed E-state index contributed by atoms with van der Waals surface area (Å²) in [4.78, 5) is 0. The number of rotatable bonds is 2. The van der Waals surface area contributed by atoms with Gasteiger partial charge in [-0.1, -0.05) is 17.7 Å². The third kappa shape index (κ3) is 3.46. The van der Waals surface area contributed by atoms with Gasteiger partial charge in [-0.2, -0.15) is 13.2 Å². The van der Waals surface area contributed by atoms with Crippen LogP contribution in [0.2, 0.25) is 5.02 Å². The van der Waals surface area contributed by atoms with Gasteiger partial charge in [-0.3, -0.25) is 0 Å². The Morgan fingerprint density at radius 1 is 1.36 bits per heavy atom. The fraction of sp³-hybridized carbons (Fsp3) is 0.333. The lowest BCUT2D eigenvalue weighted by atomic mass is 10.2. The van der Waals surface area contributed by atoms with Crippen molar-refractivity contribution in [2.45, 2.75) is 13.1 Å². The Bertz CT molecular complexity index is 322. The van der Waals surface area contributed by atoms with E-state index in [1.165, 1.54) is 6.07 Å². The zero-order valence-electron chi connectivity index (χ0n) is 7.45. The number of benzene rings is 1. The molecule has 0 amide bonds. The van der Waals surface area contributed by atoms with E-state index in [4.69, 9.17) is 11.6 Å². The molecular formula is C9H9ClF3N. The largest absolute Gasteiger partial charge is 0.405 e. The van der Waals surface area contributed by atoms with Gasteiger partial charge in [0, 0.05) is 10.7 Å². The van der Waals surface area contributed by atoms with Crippen molar-refractivity contribution >= 4 is 17.3 Å². The maximum Gasteiger partial charge on any atom is 0.405 e.